The number of aromatic nitrogens is 2. The third-order valence-corrected chi connectivity index (χ3v) is 4.11. The van der Waals surface area contributed by atoms with Crippen molar-refractivity contribution in [1.82, 2.24) is 10.1 Å². The Balaban J connectivity index is 1.91. The van der Waals surface area contributed by atoms with E-state index in [0.29, 0.717) is 23.9 Å². The summed E-state index contributed by atoms with van der Waals surface area (Å²) in [5, 5.41) is 4.11. The van der Waals surface area contributed by atoms with E-state index in [9.17, 15) is 4.79 Å². The maximum absolute atomic E-state index is 11.2. The van der Waals surface area contributed by atoms with Gasteiger partial charge in [0.15, 0.2) is 5.82 Å². The molecular weight excluding hydrogens is 288 g/mol. The zero-order valence-corrected chi connectivity index (χ0v) is 13.1. The molecule has 2 rings (SSSR count). The number of rotatable bonds is 6. The van der Waals surface area contributed by atoms with Gasteiger partial charge in [0.25, 0.3) is 5.89 Å². The lowest BCUT2D eigenvalue weighted by molar-refractivity contribution is -0.140. The summed E-state index contributed by atoms with van der Waals surface area (Å²) in [5.74, 6) is 1.55. The van der Waals surface area contributed by atoms with Crippen LogP contribution >= 0.6 is 11.8 Å². The molecule has 112 valence electrons. The van der Waals surface area contributed by atoms with Crippen molar-refractivity contribution in [2.75, 3.05) is 7.11 Å². The van der Waals surface area contributed by atoms with Crippen LogP contribution in [0.4, 0.5) is 0 Å². The van der Waals surface area contributed by atoms with E-state index in [4.69, 9.17) is 4.52 Å². The van der Waals surface area contributed by atoms with Crippen LogP contribution in [0.25, 0.3) is 11.5 Å². The van der Waals surface area contributed by atoms with Crippen LogP contribution in [0.15, 0.2) is 28.8 Å². The van der Waals surface area contributed by atoms with E-state index >= 15 is 0 Å². The van der Waals surface area contributed by atoms with Crippen molar-refractivity contribution in [2.45, 2.75) is 31.3 Å². The summed E-state index contributed by atoms with van der Waals surface area (Å²) in [5.41, 5.74) is 2.10. The Bertz CT molecular complexity index is 595. The number of esters is 1. The second kappa shape index (κ2) is 7.26. The molecule has 1 atom stereocenters. The van der Waals surface area contributed by atoms with Crippen LogP contribution < -0.4 is 0 Å². The average molecular weight is 306 g/mol. The monoisotopic (exact) mass is 306 g/mol. The molecule has 6 heteroatoms. The zero-order chi connectivity index (χ0) is 15.2. The Morgan fingerprint density at radius 3 is 2.76 bits per heavy atom. The van der Waals surface area contributed by atoms with Gasteiger partial charge in [-0.1, -0.05) is 29.8 Å². The van der Waals surface area contributed by atoms with E-state index in [1.807, 2.05) is 38.1 Å². The number of benzene rings is 1. The highest BCUT2D eigenvalue weighted by molar-refractivity contribution is 7.99. The lowest BCUT2D eigenvalue weighted by atomic mass is 10.1. The van der Waals surface area contributed by atoms with E-state index in [0.717, 1.165) is 5.56 Å². The van der Waals surface area contributed by atoms with Crippen molar-refractivity contribution < 1.29 is 14.1 Å². The van der Waals surface area contributed by atoms with Gasteiger partial charge >= 0.3 is 5.97 Å². The maximum atomic E-state index is 11.2. The van der Waals surface area contributed by atoms with Gasteiger partial charge in [-0.2, -0.15) is 4.98 Å². The van der Waals surface area contributed by atoms with Crippen molar-refractivity contribution in [3.8, 4) is 11.5 Å². The van der Waals surface area contributed by atoms with Crippen molar-refractivity contribution in [2.24, 2.45) is 0 Å². The van der Waals surface area contributed by atoms with Gasteiger partial charge < -0.3 is 9.26 Å². The predicted molar refractivity (Wildman–Crippen MR) is 81.9 cm³/mol. The van der Waals surface area contributed by atoms with Gasteiger partial charge in [0.05, 0.1) is 19.3 Å². The van der Waals surface area contributed by atoms with E-state index in [1.165, 1.54) is 12.7 Å². The minimum atomic E-state index is -0.205. The lowest BCUT2D eigenvalue weighted by Crippen LogP contribution is -2.08. The van der Waals surface area contributed by atoms with E-state index in [2.05, 4.69) is 14.9 Å². The number of hydrogen-bond donors (Lipinski definition) is 0. The Hall–Kier alpha value is -1.82. The quantitative estimate of drug-likeness (QED) is 0.763. The molecule has 5 nitrogen and oxygen atoms in total. The first-order chi connectivity index (χ1) is 10.1. The topological polar surface area (TPSA) is 65.2 Å². The number of nitrogens with zero attached hydrogens (tertiary/aromatic N) is 2. The first-order valence-corrected chi connectivity index (χ1v) is 7.71. The molecule has 1 unspecified atom stereocenters. The van der Waals surface area contributed by atoms with Gasteiger partial charge in [-0.05, 0) is 19.1 Å². The van der Waals surface area contributed by atoms with Crippen LogP contribution in [0.3, 0.4) is 0 Å². The smallest absolute Gasteiger partial charge is 0.306 e. The number of thioether (sulfide) groups is 1. The molecule has 1 aromatic carbocycles. The summed E-state index contributed by atoms with van der Waals surface area (Å²) in [4.78, 5) is 15.5. The molecule has 1 aromatic heterocycles. The summed E-state index contributed by atoms with van der Waals surface area (Å²) >= 11 is 1.60. The molecule has 21 heavy (non-hydrogen) atoms. The third kappa shape index (κ3) is 4.60. The van der Waals surface area contributed by atoms with E-state index in [-0.39, 0.29) is 11.2 Å². The van der Waals surface area contributed by atoms with E-state index in [1.54, 1.807) is 11.8 Å². The summed E-state index contributed by atoms with van der Waals surface area (Å²) < 4.78 is 9.90. The molecule has 0 bridgehead atoms. The second-order valence-electron chi connectivity index (χ2n) is 4.78. The van der Waals surface area contributed by atoms with Gasteiger partial charge in [0, 0.05) is 10.8 Å². The van der Waals surface area contributed by atoms with Crippen molar-refractivity contribution in [3.63, 3.8) is 0 Å². The SMILES string of the molecule is COC(=O)CC(C)SCc1noc(-c2ccc(C)cc2)n1. The minimum absolute atomic E-state index is 0.152. The molecule has 0 radical (unpaired) electrons. The number of ether oxygens (including phenoxy) is 1. The van der Waals surface area contributed by atoms with Crippen LogP contribution in [0.2, 0.25) is 0 Å². The zero-order valence-electron chi connectivity index (χ0n) is 12.3. The Kier molecular flexibility index (Phi) is 5.38. The molecule has 0 N–H and O–H groups in total. The molecule has 0 saturated carbocycles. The highest BCUT2D eigenvalue weighted by Gasteiger charge is 2.13. The number of hydrogen-bond acceptors (Lipinski definition) is 6. The van der Waals surface area contributed by atoms with Crippen molar-refractivity contribution in [1.29, 1.82) is 0 Å². The maximum Gasteiger partial charge on any atom is 0.306 e. The summed E-state index contributed by atoms with van der Waals surface area (Å²) in [6.07, 6.45) is 0.379. The Morgan fingerprint density at radius 1 is 1.38 bits per heavy atom. The van der Waals surface area contributed by atoms with Crippen LogP contribution in [0, 0.1) is 6.92 Å². The fraction of sp³-hybridized carbons (Fsp3) is 0.400. The molecule has 0 spiro atoms. The van der Waals surface area contributed by atoms with E-state index < -0.39 is 0 Å². The van der Waals surface area contributed by atoms with Crippen LogP contribution in [0.5, 0.6) is 0 Å². The summed E-state index contributed by atoms with van der Waals surface area (Å²) in [6.45, 7) is 4.00. The molecule has 1 heterocycles. The Morgan fingerprint density at radius 2 is 2.10 bits per heavy atom. The summed E-state index contributed by atoms with van der Waals surface area (Å²) in [6, 6.07) is 7.93. The molecule has 0 aliphatic carbocycles. The average Bonchev–Trinajstić information content (AvgIpc) is 2.94. The number of methoxy groups -OCH3 is 1. The first-order valence-electron chi connectivity index (χ1n) is 6.66. The van der Waals surface area contributed by atoms with Gasteiger partial charge in [-0.3, -0.25) is 4.79 Å². The van der Waals surface area contributed by atoms with Crippen LogP contribution in [-0.4, -0.2) is 28.5 Å². The van der Waals surface area contributed by atoms with Crippen LogP contribution in [0.1, 0.15) is 24.7 Å². The number of aryl methyl sites for hydroxylation is 1. The molecule has 0 saturated heterocycles. The van der Waals surface area contributed by atoms with Gasteiger partial charge in [-0.25, -0.2) is 0 Å². The predicted octanol–water partition coefficient (Wildman–Crippen LogP) is 3.23. The second-order valence-corrected chi connectivity index (χ2v) is 6.21. The molecular formula is C15H18N2O3S. The van der Waals surface area contributed by atoms with Gasteiger partial charge in [0.1, 0.15) is 0 Å². The highest BCUT2D eigenvalue weighted by atomic mass is 32.2. The molecule has 0 fully saturated rings. The van der Waals surface area contributed by atoms with Crippen molar-refractivity contribution >= 4 is 17.7 Å². The lowest BCUT2D eigenvalue weighted by Gasteiger charge is -2.07. The summed E-state index contributed by atoms with van der Waals surface area (Å²) in [7, 11) is 1.40. The molecule has 2 aromatic rings. The molecule has 0 aliphatic heterocycles. The highest BCUT2D eigenvalue weighted by Crippen LogP contribution is 2.22. The Labute approximate surface area is 128 Å². The molecule has 0 amide bonds. The number of carbonyl (C=O) groups excluding carboxylic acids is 1. The molecule has 0 aliphatic rings. The number of carbonyl (C=O) groups is 1. The standard InChI is InChI=1S/C15H18N2O3S/c1-10-4-6-12(7-5-10)15-16-13(17-20-15)9-21-11(2)8-14(18)19-3/h4-7,11H,8-9H2,1-3H3. The fourth-order valence-corrected chi connectivity index (χ4v) is 2.52. The largest absolute Gasteiger partial charge is 0.469 e. The first kappa shape index (κ1) is 15.6. The fourth-order valence-electron chi connectivity index (χ4n) is 1.72. The van der Waals surface area contributed by atoms with Gasteiger partial charge in [-0.15, -0.1) is 11.8 Å². The minimum Gasteiger partial charge on any atom is -0.469 e. The normalized spacial score (nSPS) is 12.1. The third-order valence-electron chi connectivity index (χ3n) is 2.95. The van der Waals surface area contributed by atoms with Crippen molar-refractivity contribution in [3.05, 3.63) is 35.7 Å². The van der Waals surface area contributed by atoms with Crippen LogP contribution in [-0.2, 0) is 15.3 Å². The van der Waals surface area contributed by atoms with Gasteiger partial charge in [0.2, 0.25) is 0 Å².